The molecule has 0 aliphatic heterocycles. The van der Waals surface area contributed by atoms with Crippen LogP contribution in [-0.4, -0.2) is 14.0 Å². The zero-order valence-corrected chi connectivity index (χ0v) is 27.0. The van der Waals surface area contributed by atoms with Crippen molar-refractivity contribution in [2.24, 2.45) is 0 Å². The maximum Gasteiger partial charge on any atom is 0.265 e. The van der Waals surface area contributed by atoms with E-state index >= 15 is 0 Å². The van der Waals surface area contributed by atoms with E-state index < -0.39 is 0 Å². The first kappa shape index (κ1) is 26.8. The Kier molecular flexibility index (Phi) is 5.03. The van der Waals surface area contributed by atoms with Crippen LogP contribution in [0.1, 0.15) is 25.0 Å². The van der Waals surface area contributed by atoms with Crippen molar-refractivity contribution in [3.63, 3.8) is 0 Å². The molecule has 3 heterocycles. The van der Waals surface area contributed by atoms with Gasteiger partial charge < -0.3 is 0 Å². The van der Waals surface area contributed by atoms with Crippen molar-refractivity contribution in [1.29, 1.82) is 0 Å². The molecule has 0 N–H and O–H groups in total. The second-order valence-corrected chi connectivity index (χ2v) is 14.0. The van der Waals surface area contributed by atoms with Crippen LogP contribution in [0.4, 0.5) is 0 Å². The summed E-state index contributed by atoms with van der Waals surface area (Å²) in [5.41, 5.74) is 10.9. The van der Waals surface area contributed by atoms with Crippen molar-refractivity contribution in [3.8, 4) is 28.2 Å². The van der Waals surface area contributed by atoms with Crippen LogP contribution in [0, 0.1) is 0 Å². The van der Waals surface area contributed by atoms with E-state index in [2.05, 4.69) is 134 Å². The molecular weight excluding hydrogens is 599 g/mol. The highest BCUT2D eigenvalue weighted by Crippen LogP contribution is 2.53. The lowest BCUT2D eigenvalue weighted by Crippen LogP contribution is -2.17. The Labute approximate surface area is 281 Å². The lowest BCUT2D eigenvalue weighted by Gasteiger charge is -2.23. The second kappa shape index (κ2) is 9.21. The van der Waals surface area contributed by atoms with Gasteiger partial charge in [-0.15, -0.1) is 0 Å². The van der Waals surface area contributed by atoms with Gasteiger partial charge in [0.05, 0.1) is 22.1 Å². The summed E-state index contributed by atoms with van der Waals surface area (Å²) in [6.45, 7) is 4.68. The van der Waals surface area contributed by atoms with Crippen molar-refractivity contribution in [2.75, 3.05) is 0 Å². The molecule has 0 atom stereocenters. The highest BCUT2D eigenvalue weighted by atomic mass is 16.1. The van der Waals surface area contributed by atoms with Crippen molar-refractivity contribution in [3.05, 3.63) is 161 Å². The molecule has 0 spiro atoms. The first-order chi connectivity index (χ1) is 24.0. The van der Waals surface area contributed by atoms with Crippen LogP contribution in [-0.2, 0) is 5.41 Å². The van der Waals surface area contributed by atoms with Gasteiger partial charge in [0.15, 0.2) is 0 Å². The molecule has 4 heteroatoms. The molecule has 0 saturated carbocycles. The number of hydrogen-bond acceptors (Lipinski definition) is 2. The van der Waals surface area contributed by atoms with Gasteiger partial charge in [0.25, 0.3) is 5.56 Å². The fourth-order valence-electron chi connectivity index (χ4n) is 8.84. The number of rotatable bonds is 2. The predicted octanol–water partition coefficient (Wildman–Crippen LogP) is 10.7. The van der Waals surface area contributed by atoms with E-state index in [4.69, 9.17) is 4.98 Å². The summed E-state index contributed by atoms with van der Waals surface area (Å²) >= 11 is 0. The van der Waals surface area contributed by atoms with Crippen LogP contribution >= 0.6 is 0 Å². The Morgan fingerprint density at radius 3 is 2.10 bits per heavy atom. The number of imidazole rings is 1. The van der Waals surface area contributed by atoms with Crippen LogP contribution < -0.4 is 5.56 Å². The molecule has 1 aliphatic rings. The molecule has 0 fully saturated rings. The summed E-state index contributed by atoms with van der Waals surface area (Å²) in [7, 11) is 0. The summed E-state index contributed by atoms with van der Waals surface area (Å²) in [6.07, 6.45) is 0. The minimum atomic E-state index is -0.223. The van der Waals surface area contributed by atoms with Gasteiger partial charge in [-0.3, -0.25) is 9.36 Å². The number of nitrogens with zero attached hydrogens (tertiary/aromatic N) is 3. The van der Waals surface area contributed by atoms with Gasteiger partial charge in [-0.25, -0.2) is 9.38 Å². The third-order valence-electron chi connectivity index (χ3n) is 11.0. The molecule has 11 rings (SSSR count). The Bertz CT molecular complexity index is 3090. The van der Waals surface area contributed by atoms with Gasteiger partial charge in [-0.1, -0.05) is 117 Å². The Hall–Kier alpha value is -6.26. The highest BCUT2D eigenvalue weighted by molar-refractivity contribution is 6.15. The molecule has 3 aromatic heterocycles. The van der Waals surface area contributed by atoms with Crippen LogP contribution in [0.3, 0.4) is 0 Å². The average Bonchev–Trinajstić information content (AvgIpc) is 3.75. The number of benzene rings is 7. The summed E-state index contributed by atoms with van der Waals surface area (Å²) in [4.78, 5) is 19.9. The lowest BCUT2D eigenvalue weighted by molar-refractivity contribution is 0.667. The Balaban J connectivity index is 1.28. The van der Waals surface area contributed by atoms with Crippen LogP contribution in [0.2, 0.25) is 0 Å². The predicted molar refractivity (Wildman–Crippen MR) is 203 cm³/mol. The maximum absolute atomic E-state index is 14.6. The number of pyridine rings is 1. The van der Waals surface area contributed by atoms with Gasteiger partial charge in [0, 0.05) is 27.0 Å². The van der Waals surface area contributed by atoms with Gasteiger partial charge >= 0.3 is 0 Å². The smallest absolute Gasteiger partial charge is 0.265 e. The number of hydrogen-bond donors (Lipinski definition) is 0. The Morgan fingerprint density at radius 2 is 1.27 bits per heavy atom. The van der Waals surface area contributed by atoms with E-state index in [1.807, 2.05) is 28.7 Å². The third-order valence-corrected chi connectivity index (χ3v) is 11.0. The third kappa shape index (κ3) is 3.38. The van der Waals surface area contributed by atoms with Gasteiger partial charge in [0.2, 0.25) is 5.95 Å². The Morgan fingerprint density at radius 1 is 0.551 bits per heavy atom. The fraction of sp³-hybridized carbons (Fsp3) is 0.0667. The van der Waals surface area contributed by atoms with E-state index in [0.717, 1.165) is 54.7 Å². The molecule has 0 unspecified atom stereocenters. The average molecular weight is 628 g/mol. The van der Waals surface area contributed by atoms with Crippen LogP contribution in [0.15, 0.2) is 144 Å². The fourth-order valence-corrected chi connectivity index (χ4v) is 8.84. The SMILES string of the molecule is CC1(C)c2cc3c(cc2-c2ccc4ccccc4c21)c1ccccc1n3-c1nc2cc(-c3ccccc3)cc3c4ccccc4c(=O)n1c23. The van der Waals surface area contributed by atoms with Crippen molar-refractivity contribution >= 4 is 59.8 Å². The standard InChI is InChI=1S/C45H29N3O/c1-45(2)37-25-40-35(24-34(37)32-21-20-27-14-6-7-15-29(27)41(32)45)31-17-10-11-19-39(31)47(40)44-46-38-23-28(26-12-4-3-5-13-26)22-36-30-16-8-9-18-33(30)43(49)48(44)42(36)38/h3-25H,1-2H3. The number of fused-ring (bicyclic) bond motifs is 10. The molecule has 230 valence electrons. The topological polar surface area (TPSA) is 39.3 Å². The first-order valence-corrected chi connectivity index (χ1v) is 16.9. The van der Waals surface area contributed by atoms with E-state index in [1.165, 1.54) is 33.0 Å². The van der Waals surface area contributed by atoms with E-state index in [-0.39, 0.29) is 11.0 Å². The first-order valence-electron chi connectivity index (χ1n) is 16.9. The zero-order valence-electron chi connectivity index (χ0n) is 27.0. The summed E-state index contributed by atoms with van der Waals surface area (Å²) in [5, 5.41) is 7.51. The second-order valence-electron chi connectivity index (χ2n) is 14.0. The summed E-state index contributed by atoms with van der Waals surface area (Å²) in [6, 6.07) is 49.2. The monoisotopic (exact) mass is 627 g/mol. The molecule has 0 saturated heterocycles. The maximum atomic E-state index is 14.6. The van der Waals surface area contributed by atoms with Crippen LogP contribution in [0.5, 0.6) is 0 Å². The van der Waals surface area contributed by atoms with Crippen molar-refractivity contribution < 1.29 is 0 Å². The van der Waals surface area contributed by atoms with E-state index in [0.29, 0.717) is 11.3 Å². The molecule has 0 radical (unpaired) electrons. The normalized spacial score (nSPS) is 13.8. The molecule has 0 amide bonds. The van der Waals surface area contributed by atoms with Crippen molar-refractivity contribution in [1.82, 2.24) is 14.0 Å². The lowest BCUT2D eigenvalue weighted by atomic mass is 9.80. The molecule has 4 nitrogen and oxygen atoms in total. The van der Waals surface area contributed by atoms with E-state index in [1.54, 1.807) is 0 Å². The van der Waals surface area contributed by atoms with Crippen LogP contribution in [0.25, 0.3) is 88.0 Å². The minimum Gasteiger partial charge on any atom is -0.279 e. The molecule has 0 bridgehead atoms. The molecule has 49 heavy (non-hydrogen) atoms. The van der Waals surface area contributed by atoms with Crippen molar-refractivity contribution in [2.45, 2.75) is 19.3 Å². The molecular formula is C45H29N3O. The van der Waals surface area contributed by atoms with Gasteiger partial charge in [0.1, 0.15) is 0 Å². The summed E-state index contributed by atoms with van der Waals surface area (Å²) in [5.74, 6) is 0.617. The highest BCUT2D eigenvalue weighted by Gasteiger charge is 2.38. The number of aromatic nitrogens is 3. The molecule has 7 aromatic carbocycles. The zero-order chi connectivity index (χ0) is 32.6. The summed E-state index contributed by atoms with van der Waals surface area (Å²) < 4.78 is 4.08. The minimum absolute atomic E-state index is 0.0562. The van der Waals surface area contributed by atoms with E-state index in [9.17, 15) is 4.79 Å². The van der Waals surface area contributed by atoms with Gasteiger partial charge in [-0.2, -0.15) is 0 Å². The van der Waals surface area contributed by atoms with Gasteiger partial charge in [-0.05, 0) is 85.9 Å². The molecule has 1 aliphatic carbocycles. The quantitative estimate of drug-likeness (QED) is 0.179. The largest absolute Gasteiger partial charge is 0.279 e. The molecule has 10 aromatic rings. The number of para-hydroxylation sites is 1.